The van der Waals surface area contributed by atoms with Crippen LogP contribution in [0.15, 0.2) is 29.4 Å². The smallest absolute Gasteiger partial charge is 0.299 e. The molecule has 0 bridgehead atoms. The van der Waals surface area contributed by atoms with Crippen LogP contribution in [0.5, 0.6) is 0 Å². The highest BCUT2D eigenvalue weighted by Crippen LogP contribution is 2.28. The Kier molecular flexibility index (Phi) is 5.98. The fourth-order valence-corrected chi connectivity index (χ4v) is 2.67. The Morgan fingerprint density at radius 2 is 1.68 bits per heavy atom. The van der Waals surface area contributed by atoms with Crippen molar-refractivity contribution in [3.8, 4) is 0 Å². The Balaban J connectivity index is 1.68. The van der Waals surface area contributed by atoms with Crippen molar-refractivity contribution in [2.24, 2.45) is 5.11 Å². The van der Waals surface area contributed by atoms with E-state index in [1.54, 1.807) is 17.0 Å². The van der Waals surface area contributed by atoms with Gasteiger partial charge in [-0.05, 0) is 30.5 Å². The molecule has 0 atom stereocenters. The number of carbonyl (C=O) groups is 2. The van der Waals surface area contributed by atoms with Gasteiger partial charge in [-0.2, -0.15) is 0 Å². The standard InChI is InChI=1S/C16H20N4O2/c17-19-18-11-7-3-1-2-4-8-12-20-14-10-6-5-9-13(14)15(21)16(20)22/h5-6,9-10H,1-4,7-8,11-12H2. The molecule has 6 nitrogen and oxygen atoms in total. The van der Waals surface area contributed by atoms with Crippen LogP contribution in [0, 0.1) is 0 Å². The summed E-state index contributed by atoms with van der Waals surface area (Å²) in [6, 6.07) is 7.17. The Labute approximate surface area is 129 Å². The molecular weight excluding hydrogens is 280 g/mol. The molecule has 0 saturated heterocycles. The van der Waals surface area contributed by atoms with Gasteiger partial charge in [0.25, 0.3) is 11.7 Å². The second-order valence-corrected chi connectivity index (χ2v) is 5.38. The summed E-state index contributed by atoms with van der Waals surface area (Å²) < 4.78 is 0. The van der Waals surface area contributed by atoms with Crippen molar-refractivity contribution in [1.82, 2.24) is 0 Å². The maximum Gasteiger partial charge on any atom is 0.299 e. The van der Waals surface area contributed by atoms with Crippen molar-refractivity contribution < 1.29 is 9.59 Å². The largest absolute Gasteiger partial charge is 0.305 e. The van der Waals surface area contributed by atoms with E-state index in [0.717, 1.165) is 44.2 Å². The van der Waals surface area contributed by atoms with Crippen LogP contribution < -0.4 is 4.90 Å². The van der Waals surface area contributed by atoms with Gasteiger partial charge in [0.1, 0.15) is 0 Å². The van der Waals surface area contributed by atoms with Crippen molar-refractivity contribution >= 4 is 17.4 Å². The van der Waals surface area contributed by atoms with Crippen molar-refractivity contribution in [2.45, 2.75) is 38.5 Å². The third kappa shape index (κ3) is 3.86. The summed E-state index contributed by atoms with van der Waals surface area (Å²) in [4.78, 5) is 28.1. The molecular formula is C16H20N4O2. The van der Waals surface area contributed by atoms with Crippen LogP contribution in [0.25, 0.3) is 10.4 Å². The lowest BCUT2D eigenvalue weighted by Crippen LogP contribution is -2.30. The summed E-state index contributed by atoms with van der Waals surface area (Å²) in [6.45, 7) is 1.16. The molecule has 0 saturated carbocycles. The molecule has 116 valence electrons. The minimum absolute atomic E-state index is 0.395. The number of hydrogen-bond acceptors (Lipinski definition) is 3. The highest BCUT2D eigenvalue weighted by Gasteiger charge is 2.34. The number of ketones is 1. The van der Waals surface area contributed by atoms with E-state index in [2.05, 4.69) is 10.0 Å². The maximum absolute atomic E-state index is 12.0. The number of rotatable bonds is 9. The lowest BCUT2D eigenvalue weighted by atomic mass is 10.1. The quantitative estimate of drug-likeness (QED) is 0.228. The zero-order chi connectivity index (χ0) is 15.8. The maximum atomic E-state index is 12.0. The van der Waals surface area contributed by atoms with Crippen molar-refractivity contribution in [2.75, 3.05) is 18.0 Å². The number of amides is 1. The van der Waals surface area contributed by atoms with Gasteiger partial charge in [-0.15, -0.1) is 0 Å². The van der Waals surface area contributed by atoms with Gasteiger partial charge in [-0.25, -0.2) is 0 Å². The van der Waals surface area contributed by atoms with Gasteiger partial charge in [0.05, 0.1) is 11.3 Å². The van der Waals surface area contributed by atoms with Crippen LogP contribution in [0.4, 0.5) is 5.69 Å². The number of azide groups is 1. The summed E-state index contributed by atoms with van der Waals surface area (Å²) in [5.74, 6) is -0.802. The Morgan fingerprint density at radius 3 is 2.45 bits per heavy atom. The second-order valence-electron chi connectivity index (χ2n) is 5.38. The number of carbonyl (C=O) groups excluding carboxylic acids is 2. The number of fused-ring (bicyclic) bond motifs is 1. The molecule has 0 radical (unpaired) electrons. The molecule has 1 aliphatic rings. The van der Waals surface area contributed by atoms with Crippen molar-refractivity contribution in [3.05, 3.63) is 40.3 Å². The lowest BCUT2D eigenvalue weighted by Gasteiger charge is -2.16. The SMILES string of the molecule is [N-]=[N+]=NCCCCCCCCN1C(=O)C(=O)c2ccccc21. The zero-order valence-corrected chi connectivity index (χ0v) is 12.6. The minimum Gasteiger partial charge on any atom is -0.305 e. The molecule has 6 heteroatoms. The van der Waals surface area contributed by atoms with E-state index in [1.807, 2.05) is 12.1 Å². The van der Waals surface area contributed by atoms with E-state index >= 15 is 0 Å². The Bertz CT molecular complexity index is 594. The number of anilines is 1. The van der Waals surface area contributed by atoms with Crippen LogP contribution in [0.1, 0.15) is 48.9 Å². The van der Waals surface area contributed by atoms with Crippen molar-refractivity contribution in [3.63, 3.8) is 0 Å². The molecule has 1 amide bonds. The van der Waals surface area contributed by atoms with Crippen LogP contribution in [0.2, 0.25) is 0 Å². The van der Waals surface area contributed by atoms with E-state index in [4.69, 9.17) is 5.53 Å². The zero-order valence-electron chi connectivity index (χ0n) is 12.6. The first-order valence-electron chi connectivity index (χ1n) is 7.72. The number of Topliss-reactive ketones (excluding diaryl/α,β-unsaturated/α-hetero) is 1. The van der Waals surface area contributed by atoms with E-state index < -0.39 is 11.7 Å². The van der Waals surface area contributed by atoms with Crippen LogP contribution in [-0.4, -0.2) is 24.8 Å². The van der Waals surface area contributed by atoms with Crippen LogP contribution in [0.3, 0.4) is 0 Å². The normalized spacial score (nSPS) is 13.2. The second kappa shape index (κ2) is 8.20. The predicted octanol–water partition coefficient (Wildman–Crippen LogP) is 3.87. The average molecular weight is 300 g/mol. The highest BCUT2D eigenvalue weighted by molar-refractivity contribution is 6.52. The Hall–Kier alpha value is -2.33. The van der Waals surface area contributed by atoms with Gasteiger partial charge in [0.15, 0.2) is 0 Å². The summed E-state index contributed by atoms with van der Waals surface area (Å²) >= 11 is 0. The van der Waals surface area contributed by atoms with Gasteiger partial charge in [0.2, 0.25) is 0 Å². The lowest BCUT2D eigenvalue weighted by molar-refractivity contribution is -0.114. The summed E-state index contributed by atoms with van der Waals surface area (Å²) in [7, 11) is 0. The number of unbranched alkanes of at least 4 members (excludes halogenated alkanes) is 5. The summed E-state index contributed by atoms with van der Waals surface area (Å²) in [5, 5.41) is 3.50. The molecule has 1 aliphatic heterocycles. The van der Waals surface area contributed by atoms with Gasteiger partial charge >= 0.3 is 0 Å². The molecule has 22 heavy (non-hydrogen) atoms. The van der Waals surface area contributed by atoms with E-state index in [0.29, 0.717) is 18.7 Å². The molecule has 0 aromatic heterocycles. The molecule has 0 aliphatic carbocycles. The predicted molar refractivity (Wildman–Crippen MR) is 84.8 cm³/mol. The number of para-hydroxylation sites is 1. The summed E-state index contributed by atoms with van der Waals surface area (Å²) in [6.07, 6.45) is 6.10. The Morgan fingerprint density at radius 1 is 1.00 bits per heavy atom. The number of nitrogens with zero attached hydrogens (tertiary/aromatic N) is 4. The third-order valence-corrected chi connectivity index (χ3v) is 3.83. The van der Waals surface area contributed by atoms with Crippen LogP contribution >= 0.6 is 0 Å². The van der Waals surface area contributed by atoms with Gasteiger partial charge in [-0.1, -0.05) is 42.9 Å². The van der Waals surface area contributed by atoms with Gasteiger partial charge in [0, 0.05) is 18.0 Å². The molecule has 0 spiro atoms. The number of benzene rings is 1. The average Bonchev–Trinajstić information content (AvgIpc) is 2.78. The van der Waals surface area contributed by atoms with Gasteiger partial charge < -0.3 is 4.90 Å². The topological polar surface area (TPSA) is 86.1 Å². The number of hydrogen-bond donors (Lipinski definition) is 0. The third-order valence-electron chi connectivity index (χ3n) is 3.83. The first-order valence-corrected chi connectivity index (χ1v) is 7.72. The molecule has 1 aromatic rings. The first kappa shape index (κ1) is 16.0. The molecule has 1 aromatic carbocycles. The fraction of sp³-hybridized carbons (Fsp3) is 0.500. The van der Waals surface area contributed by atoms with E-state index in [9.17, 15) is 9.59 Å². The molecule has 2 rings (SSSR count). The van der Waals surface area contributed by atoms with Gasteiger partial charge in [-0.3, -0.25) is 9.59 Å². The minimum atomic E-state index is -0.407. The molecule has 1 heterocycles. The van der Waals surface area contributed by atoms with E-state index in [-0.39, 0.29) is 0 Å². The fourth-order valence-electron chi connectivity index (χ4n) is 2.67. The van der Waals surface area contributed by atoms with Crippen molar-refractivity contribution in [1.29, 1.82) is 0 Å². The highest BCUT2D eigenvalue weighted by atomic mass is 16.2. The van der Waals surface area contributed by atoms with E-state index in [1.165, 1.54) is 0 Å². The first-order chi connectivity index (χ1) is 10.8. The van der Waals surface area contributed by atoms with Crippen LogP contribution in [-0.2, 0) is 4.79 Å². The molecule has 0 unspecified atom stereocenters. The molecule has 0 N–H and O–H groups in total. The summed E-state index contributed by atoms with van der Waals surface area (Å²) in [5.41, 5.74) is 9.42. The molecule has 0 fully saturated rings. The monoisotopic (exact) mass is 300 g/mol.